The van der Waals surface area contributed by atoms with Crippen LogP contribution >= 0.6 is 0 Å². The molecule has 0 aliphatic rings. The first-order valence-corrected chi connectivity index (χ1v) is 6.77. The van der Waals surface area contributed by atoms with Crippen LogP contribution in [-0.2, 0) is 6.54 Å². The van der Waals surface area contributed by atoms with Crippen molar-refractivity contribution in [3.8, 4) is 17.2 Å². The molecule has 0 aliphatic carbocycles. The van der Waals surface area contributed by atoms with E-state index in [-0.39, 0.29) is 0 Å². The molecule has 1 N–H and O–H groups in total. The Hall–Kier alpha value is -2.36. The van der Waals surface area contributed by atoms with Gasteiger partial charge in [-0.15, -0.1) is 0 Å². The summed E-state index contributed by atoms with van der Waals surface area (Å²) in [6.45, 7) is 2.68. The molecule has 112 valence electrons. The van der Waals surface area contributed by atoms with Crippen molar-refractivity contribution in [2.24, 2.45) is 0 Å². The minimum atomic E-state index is 0.625. The van der Waals surface area contributed by atoms with Gasteiger partial charge in [0.25, 0.3) is 0 Å². The molecule has 21 heavy (non-hydrogen) atoms. The van der Waals surface area contributed by atoms with Gasteiger partial charge in [0.05, 0.1) is 27.0 Å². The normalized spacial score (nSPS) is 10.1. The van der Waals surface area contributed by atoms with Crippen LogP contribution in [0, 0.1) is 6.92 Å². The van der Waals surface area contributed by atoms with Crippen LogP contribution < -0.4 is 19.5 Å². The molecule has 2 aromatic carbocycles. The summed E-state index contributed by atoms with van der Waals surface area (Å²) in [5.74, 6) is 2.46. The number of nitrogens with one attached hydrogen (secondary N) is 1. The van der Waals surface area contributed by atoms with Gasteiger partial charge in [0, 0.05) is 12.1 Å². The van der Waals surface area contributed by atoms with E-state index in [1.54, 1.807) is 21.3 Å². The van der Waals surface area contributed by atoms with E-state index in [0.717, 1.165) is 28.5 Å². The molecule has 0 saturated carbocycles. The third-order valence-electron chi connectivity index (χ3n) is 3.31. The van der Waals surface area contributed by atoms with Gasteiger partial charge in [-0.2, -0.15) is 0 Å². The standard InChI is InChI=1S/C17H21NO3/c1-12-5-7-17(21-4)15(9-12)18-11-13-10-14(19-2)6-8-16(13)20-3/h5-10,18H,11H2,1-4H3. The smallest absolute Gasteiger partial charge is 0.141 e. The molecule has 0 saturated heterocycles. The second kappa shape index (κ2) is 6.88. The summed E-state index contributed by atoms with van der Waals surface area (Å²) in [4.78, 5) is 0. The second-order valence-corrected chi connectivity index (χ2v) is 4.74. The Kier molecular flexibility index (Phi) is 4.93. The third-order valence-corrected chi connectivity index (χ3v) is 3.31. The molecular formula is C17H21NO3. The van der Waals surface area contributed by atoms with Crippen molar-refractivity contribution in [3.05, 3.63) is 47.5 Å². The first kappa shape index (κ1) is 15.0. The van der Waals surface area contributed by atoms with E-state index in [0.29, 0.717) is 6.54 Å². The van der Waals surface area contributed by atoms with Crippen LogP contribution in [0.2, 0.25) is 0 Å². The highest BCUT2D eigenvalue weighted by Crippen LogP contribution is 2.28. The number of benzene rings is 2. The minimum absolute atomic E-state index is 0.625. The SMILES string of the molecule is COc1ccc(OC)c(CNc2cc(C)ccc2OC)c1. The Labute approximate surface area is 125 Å². The molecule has 4 nitrogen and oxygen atoms in total. The molecule has 0 atom stereocenters. The Morgan fingerprint density at radius 1 is 0.857 bits per heavy atom. The van der Waals surface area contributed by atoms with Gasteiger partial charge in [-0.1, -0.05) is 6.07 Å². The van der Waals surface area contributed by atoms with Crippen LogP contribution in [0.1, 0.15) is 11.1 Å². The van der Waals surface area contributed by atoms with Gasteiger partial charge in [0.2, 0.25) is 0 Å². The molecular weight excluding hydrogens is 266 g/mol. The van der Waals surface area contributed by atoms with Gasteiger partial charge in [-0.3, -0.25) is 0 Å². The quantitative estimate of drug-likeness (QED) is 0.880. The van der Waals surface area contributed by atoms with Crippen LogP contribution in [0.25, 0.3) is 0 Å². The van der Waals surface area contributed by atoms with Crippen molar-refractivity contribution in [3.63, 3.8) is 0 Å². The van der Waals surface area contributed by atoms with Crippen LogP contribution in [0.4, 0.5) is 5.69 Å². The molecule has 0 spiro atoms. The van der Waals surface area contributed by atoms with Crippen LogP contribution in [-0.4, -0.2) is 21.3 Å². The molecule has 0 aromatic heterocycles. The van der Waals surface area contributed by atoms with Crippen molar-refractivity contribution >= 4 is 5.69 Å². The van der Waals surface area contributed by atoms with Gasteiger partial charge < -0.3 is 19.5 Å². The number of hydrogen-bond donors (Lipinski definition) is 1. The number of methoxy groups -OCH3 is 3. The lowest BCUT2D eigenvalue weighted by molar-refractivity contribution is 0.399. The summed E-state index contributed by atoms with van der Waals surface area (Å²) in [6, 6.07) is 11.8. The van der Waals surface area contributed by atoms with Crippen molar-refractivity contribution in [2.75, 3.05) is 26.6 Å². The third kappa shape index (κ3) is 3.60. The van der Waals surface area contributed by atoms with E-state index < -0.39 is 0 Å². The molecule has 0 aliphatic heterocycles. The predicted molar refractivity (Wildman–Crippen MR) is 84.6 cm³/mol. The zero-order valence-corrected chi connectivity index (χ0v) is 12.9. The Morgan fingerprint density at radius 3 is 2.24 bits per heavy atom. The van der Waals surface area contributed by atoms with E-state index in [1.165, 1.54) is 5.56 Å². The monoisotopic (exact) mass is 287 g/mol. The predicted octanol–water partition coefficient (Wildman–Crippen LogP) is 3.63. The van der Waals surface area contributed by atoms with Crippen molar-refractivity contribution < 1.29 is 14.2 Å². The van der Waals surface area contributed by atoms with Crippen molar-refractivity contribution in [2.45, 2.75) is 13.5 Å². The van der Waals surface area contributed by atoms with E-state index in [4.69, 9.17) is 14.2 Å². The lowest BCUT2D eigenvalue weighted by Gasteiger charge is -2.14. The molecule has 0 bridgehead atoms. The highest BCUT2D eigenvalue weighted by molar-refractivity contribution is 5.58. The van der Waals surface area contributed by atoms with Crippen molar-refractivity contribution in [1.82, 2.24) is 0 Å². The molecule has 0 fully saturated rings. The number of rotatable bonds is 6. The topological polar surface area (TPSA) is 39.7 Å². The summed E-state index contributed by atoms with van der Waals surface area (Å²) in [5, 5.41) is 3.39. The first-order chi connectivity index (χ1) is 10.2. The molecule has 0 amide bonds. The lowest BCUT2D eigenvalue weighted by Crippen LogP contribution is -2.04. The van der Waals surface area contributed by atoms with Gasteiger partial charge >= 0.3 is 0 Å². The zero-order chi connectivity index (χ0) is 15.2. The van der Waals surface area contributed by atoms with Crippen LogP contribution in [0.5, 0.6) is 17.2 Å². The molecule has 2 aromatic rings. The minimum Gasteiger partial charge on any atom is -0.497 e. The maximum absolute atomic E-state index is 5.39. The Balaban J connectivity index is 2.21. The lowest BCUT2D eigenvalue weighted by atomic mass is 10.1. The molecule has 0 radical (unpaired) electrons. The van der Waals surface area contributed by atoms with Gasteiger partial charge in [0.1, 0.15) is 17.2 Å². The summed E-state index contributed by atoms with van der Waals surface area (Å²) in [6.07, 6.45) is 0. The van der Waals surface area contributed by atoms with E-state index in [9.17, 15) is 0 Å². The van der Waals surface area contributed by atoms with Gasteiger partial charge in [-0.25, -0.2) is 0 Å². The average molecular weight is 287 g/mol. The number of hydrogen-bond acceptors (Lipinski definition) is 4. The Morgan fingerprint density at radius 2 is 1.57 bits per heavy atom. The summed E-state index contributed by atoms with van der Waals surface area (Å²) >= 11 is 0. The zero-order valence-electron chi connectivity index (χ0n) is 12.9. The maximum Gasteiger partial charge on any atom is 0.141 e. The van der Waals surface area contributed by atoms with Gasteiger partial charge in [0.15, 0.2) is 0 Å². The maximum atomic E-state index is 5.39. The van der Waals surface area contributed by atoms with E-state index in [1.807, 2.05) is 30.3 Å². The Bertz CT molecular complexity index is 611. The fourth-order valence-electron chi connectivity index (χ4n) is 2.17. The fourth-order valence-corrected chi connectivity index (χ4v) is 2.17. The molecule has 0 unspecified atom stereocenters. The first-order valence-electron chi connectivity index (χ1n) is 6.77. The number of anilines is 1. The number of ether oxygens (including phenoxy) is 3. The second-order valence-electron chi connectivity index (χ2n) is 4.74. The summed E-state index contributed by atoms with van der Waals surface area (Å²) in [5.41, 5.74) is 3.17. The highest BCUT2D eigenvalue weighted by atomic mass is 16.5. The van der Waals surface area contributed by atoms with E-state index >= 15 is 0 Å². The molecule has 4 heteroatoms. The van der Waals surface area contributed by atoms with Crippen LogP contribution in [0.15, 0.2) is 36.4 Å². The summed E-state index contributed by atoms with van der Waals surface area (Å²) in [7, 11) is 4.99. The van der Waals surface area contributed by atoms with Crippen molar-refractivity contribution in [1.29, 1.82) is 0 Å². The molecule has 0 heterocycles. The largest absolute Gasteiger partial charge is 0.497 e. The average Bonchev–Trinajstić information content (AvgIpc) is 2.52. The number of aryl methyl sites for hydroxylation is 1. The summed E-state index contributed by atoms with van der Waals surface area (Å²) < 4.78 is 16.0. The van der Waals surface area contributed by atoms with Gasteiger partial charge in [-0.05, 0) is 42.8 Å². The highest BCUT2D eigenvalue weighted by Gasteiger charge is 2.07. The van der Waals surface area contributed by atoms with E-state index in [2.05, 4.69) is 18.3 Å². The molecule has 2 rings (SSSR count). The van der Waals surface area contributed by atoms with Crippen LogP contribution in [0.3, 0.4) is 0 Å². The fraction of sp³-hybridized carbons (Fsp3) is 0.294.